The molecular weight excluding hydrogens is 202 g/mol. The smallest absolute Gasteiger partial charge is 0.338 e. The number of hydrogen-bond donors (Lipinski definition) is 1. The second-order valence-corrected chi connectivity index (χ2v) is 4.21. The van der Waals surface area contributed by atoms with Crippen LogP contribution in [-0.2, 0) is 17.6 Å². The van der Waals surface area contributed by atoms with Crippen molar-refractivity contribution in [3.05, 3.63) is 34.9 Å². The van der Waals surface area contributed by atoms with Crippen LogP contribution in [0.1, 0.15) is 34.8 Å². The number of carbonyl (C=O) groups excluding carboxylic acids is 1. The molecule has 86 valence electrons. The van der Waals surface area contributed by atoms with E-state index in [4.69, 9.17) is 10.5 Å². The molecule has 0 fully saturated rings. The lowest BCUT2D eigenvalue weighted by atomic mass is 9.88. The number of nitrogens with two attached hydrogens (primary N) is 1. The normalized spacial score (nSPS) is 19.0. The Morgan fingerprint density at radius 1 is 1.50 bits per heavy atom. The lowest BCUT2D eigenvalue weighted by molar-refractivity contribution is 0.0526. The summed E-state index contributed by atoms with van der Waals surface area (Å²) >= 11 is 0. The Morgan fingerprint density at radius 2 is 2.31 bits per heavy atom. The number of ether oxygens (including phenoxy) is 1. The van der Waals surface area contributed by atoms with Crippen molar-refractivity contribution in [2.45, 2.75) is 32.2 Å². The third kappa shape index (κ3) is 2.25. The van der Waals surface area contributed by atoms with Crippen LogP contribution in [-0.4, -0.2) is 18.6 Å². The third-order valence-corrected chi connectivity index (χ3v) is 2.98. The summed E-state index contributed by atoms with van der Waals surface area (Å²) in [6.07, 6.45) is 2.88. The first kappa shape index (κ1) is 11.1. The number of carbonyl (C=O) groups is 1. The summed E-state index contributed by atoms with van der Waals surface area (Å²) in [5.74, 6) is -0.236. The fourth-order valence-electron chi connectivity index (χ4n) is 2.12. The van der Waals surface area contributed by atoms with E-state index in [1.54, 1.807) is 0 Å². The zero-order valence-electron chi connectivity index (χ0n) is 9.53. The molecule has 0 bridgehead atoms. The van der Waals surface area contributed by atoms with Crippen molar-refractivity contribution in [2.75, 3.05) is 6.61 Å². The molecule has 3 nitrogen and oxygen atoms in total. The van der Waals surface area contributed by atoms with E-state index in [0.29, 0.717) is 12.2 Å². The highest BCUT2D eigenvalue weighted by molar-refractivity contribution is 5.89. The van der Waals surface area contributed by atoms with Crippen LogP contribution in [0.3, 0.4) is 0 Å². The molecular formula is C13H17NO2. The van der Waals surface area contributed by atoms with Gasteiger partial charge in [-0.25, -0.2) is 4.79 Å². The zero-order chi connectivity index (χ0) is 11.5. The van der Waals surface area contributed by atoms with Gasteiger partial charge in [0.1, 0.15) is 0 Å². The average Bonchev–Trinajstić information content (AvgIpc) is 2.28. The maximum absolute atomic E-state index is 11.5. The predicted octanol–water partition coefficient (Wildman–Crippen LogP) is 1.68. The fourth-order valence-corrected chi connectivity index (χ4v) is 2.12. The second kappa shape index (κ2) is 4.66. The van der Waals surface area contributed by atoms with Crippen LogP contribution in [0, 0.1) is 0 Å². The minimum Gasteiger partial charge on any atom is -0.462 e. The highest BCUT2D eigenvalue weighted by atomic mass is 16.5. The van der Waals surface area contributed by atoms with Crippen molar-refractivity contribution in [3.63, 3.8) is 0 Å². The van der Waals surface area contributed by atoms with Crippen LogP contribution in [0.4, 0.5) is 0 Å². The summed E-state index contributed by atoms with van der Waals surface area (Å²) in [5, 5.41) is 0. The van der Waals surface area contributed by atoms with E-state index in [0.717, 1.165) is 19.3 Å². The van der Waals surface area contributed by atoms with Gasteiger partial charge in [0.05, 0.1) is 12.2 Å². The van der Waals surface area contributed by atoms with Gasteiger partial charge < -0.3 is 10.5 Å². The maximum Gasteiger partial charge on any atom is 0.338 e. The summed E-state index contributed by atoms with van der Waals surface area (Å²) in [6, 6.07) is 6.04. The highest BCUT2D eigenvalue weighted by Crippen LogP contribution is 2.22. The standard InChI is InChI=1S/C13H17NO2/c1-2-16-13(15)11-4-3-10-8-12(14)6-5-9(10)7-11/h3-4,7,12H,2,5-6,8,14H2,1H3. The first-order valence-corrected chi connectivity index (χ1v) is 5.75. The van der Waals surface area contributed by atoms with Crippen LogP contribution in [0.25, 0.3) is 0 Å². The average molecular weight is 219 g/mol. The van der Waals surface area contributed by atoms with E-state index in [1.165, 1.54) is 11.1 Å². The largest absolute Gasteiger partial charge is 0.462 e. The molecule has 2 N–H and O–H groups in total. The van der Waals surface area contributed by atoms with Gasteiger partial charge >= 0.3 is 5.97 Å². The molecule has 1 atom stereocenters. The number of rotatable bonds is 2. The number of aryl methyl sites for hydroxylation is 1. The topological polar surface area (TPSA) is 52.3 Å². The summed E-state index contributed by atoms with van der Waals surface area (Å²) in [4.78, 5) is 11.5. The Hall–Kier alpha value is -1.35. The molecule has 2 rings (SSSR count). The summed E-state index contributed by atoms with van der Waals surface area (Å²) in [5.41, 5.74) is 9.07. The summed E-state index contributed by atoms with van der Waals surface area (Å²) in [7, 11) is 0. The zero-order valence-corrected chi connectivity index (χ0v) is 9.53. The van der Waals surface area contributed by atoms with Gasteiger partial charge in [0.2, 0.25) is 0 Å². The summed E-state index contributed by atoms with van der Waals surface area (Å²) < 4.78 is 4.98. The van der Waals surface area contributed by atoms with E-state index in [1.807, 2.05) is 25.1 Å². The monoisotopic (exact) mass is 219 g/mol. The number of esters is 1. The molecule has 0 saturated heterocycles. The minimum absolute atomic E-state index is 0.236. The molecule has 1 aliphatic carbocycles. The van der Waals surface area contributed by atoms with E-state index in [2.05, 4.69) is 0 Å². The Kier molecular flexibility index (Phi) is 3.25. The number of fused-ring (bicyclic) bond motifs is 1. The van der Waals surface area contributed by atoms with Crippen molar-refractivity contribution in [1.29, 1.82) is 0 Å². The lowest BCUT2D eigenvalue weighted by Crippen LogP contribution is -2.28. The van der Waals surface area contributed by atoms with Crippen LogP contribution >= 0.6 is 0 Å². The van der Waals surface area contributed by atoms with Gasteiger partial charge in [-0.05, 0) is 49.4 Å². The van der Waals surface area contributed by atoms with Gasteiger partial charge in [-0.2, -0.15) is 0 Å². The van der Waals surface area contributed by atoms with Crippen molar-refractivity contribution in [1.82, 2.24) is 0 Å². The van der Waals surface area contributed by atoms with Crippen molar-refractivity contribution in [2.24, 2.45) is 5.73 Å². The van der Waals surface area contributed by atoms with E-state index >= 15 is 0 Å². The van der Waals surface area contributed by atoms with Gasteiger partial charge in [-0.3, -0.25) is 0 Å². The Balaban J connectivity index is 2.22. The number of benzene rings is 1. The molecule has 1 aliphatic rings. The maximum atomic E-state index is 11.5. The van der Waals surface area contributed by atoms with Gasteiger partial charge in [0.15, 0.2) is 0 Å². The molecule has 0 aliphatic heterocycles. The molecule has 0 radical (unpaired) electrons. The molecule has 0 saturated carbocycles. The molecule has 1 unspecified atom stereocenters. The second-order valence-electron chi connectivity index (χ2n) is 4.21. The Labute approximate surface area is 95.6 Å². The van der Waals surface area contributed by atoms with Crippen molar-refractivity contribution < 1.29 is 9.53 Å². The van der Waals surface area contributed by atoms with Crippen molar-refractivity contribution in [3.8, 4) is 0 Å². The van der Waals surface area contributed by atoms with Crippen LogP contribution < -0.4 is 5.73 Å². The highest BCUT2D eigenvalue weighted by Gasteiger charge is 2.17. The van der Waals surface area contributed by atoms with Crippen molar-refractivity contribution >= 4 is 5.97 Å². The predicted molar refractivity (Wildman–Crippen MR) is 62.4 cm³/mol. The molecule has 0 heterocycles. The first-order valence-electron chi connectivity index (χ1n) is 5.75. The Bertz CT molecular complexity index is 401. The molecule has 3 heteroatoms. The lowest BCUT2D eigenvalue weighted by Gasteiger charge is -2.21. The van der Waals surface area contributed by atoms with Crippen LogP contribution in [0.5, 0.6) is 0 Å². The third-order valence-electron chi connectivity index (χ3n) is 2.98. The van der Waals surface area contributed by atoms with Gasteiger partial charge in [-0.15, -0.1) is 0 Å². The molecule has 16 heavy (non-hydrogen) atoms. The number of hydrogen-bond acceptors (Lipinski definition) is 3. The minimum atomic E-state index is -0.236. The van der Waals surface area contributed by atoms with Crippen LogP contribution in [0.15, 0.2) is 18.2 Å². The molecule has 0 spiro atoms. The van der Waals surface area contributed by atoms with E-state index in [9.17, 15) is 4.79 Å². The molecule has 0 aromatic heterocycles. The van der Waals surface area contributed by atoms with E-state index in [-0.39, 0.29) is 12.0 Å². The molecule has 1 aromatic rings. The van der Waals surface area contributed by atoms with Gasteiger partial charge in [-0.1, -0.05) is 6.07 Å². The Morgan fingerprint density at radius 3 is 3.06 bits per heavy atom. The first-order chi connectivity index (χ1) is 7.70. The van der Waals surface area contributed by atoms with Gasteiger partial charge in [0, 0.05) is 6.04 Å². The molecule has 1 aromatic carbocycles. The van der Waals surface area contributed by atoms with Crippen LogP contribution in [0.2, 0.25) is 0 Å². The van der Waals surface area contributed by atoms with E-state index < -0.39 is 0 Å². The summed E-state index contributed by atoms with van der Waals surface area (Å²) in [6.45, 7) is 2.23. The van der Waals surface area contributed by atoms with Gasteiger partial charge in [0.25, 0.3) is 0 Å². The fraction of sp³-hybridized carbons (Fsp3) is 0.462. The molecule has 0 amide bonds. The SMILES string of the molecule is CCOC(=O)c1ccc2c(c1)CCC(N)C2. The quantitative estimate of drug-likeness (QED) is 0.770.